The molecular formula is C20H21NO4. The summed E-state index contributed by atoms with van der Waals surface area (Å²) in [6.07, 6.45) is -0.0618. The van der Waals surface area contributed by atoms with Crippen molar-refractivity contribution < 1.29 is 19.1 Å². The summed E-state index contributed by atoms with van der Waals surface area (Å²) in [6, 6.07) is 15.1. The zero-order valence-corrected chi connectivity index (χ0v) is 14.3. The van der Waals surface area contributed by atoms with Gasteiger partial charge in [0.1, 0.15) is 0 Å². The largest absolute Gasteiger partial charge is 0.449 e. The minimum atomic E-state index is -0.871. The van der Waals surface area contributed by atoms with Crippen LogP contribution in [0.15, 0.2) is 54.6 Å². The molecule has 5 nitrogen and oxygen atoms in total. The van der Waals surface area contributed by atoms with E-state index < -0.39 is 12.1 Å². The second kappa shape index (κ2) is 8.78. The van der Waals surface area contributed by atoms with Crippen molar-refractivity contribution in [3.63, 3.8) is 0 Å². The Labute approximate surface area is 147 Å². The first-order valence-electron chi connectivity index (χ1n) is 8.21. The van der Waals surface area contributed by atoms with Crippen LogP contribution in [-0.4, -0.2) is 30.3 Å². The zero-order chi connectivity index (χ0) is 18.2. The first-order valence-corrected chi connectivity index (χ1v) is 8.21. The van der Waals surface area contributed by atoms with Crippen LogP contribution in [0.1, 0.15) is 46.5 Å². The van der Waals surface area contributed by atoms with Crippen molar-refractivity contribution in [1.82, 2.24) is 5.32 Å². The number of esters is 1. The first kappa shape index (κ1) is 18.4. The molecule has 0 saturated carbocycles. The Bertz CT molecular complexity index is 738. The summed E-state index contributed by atoms with van der Waals surface area (Å²) in [5.41, 5.74) is 1.36. The van der Waals surface area contributed by atoms with Gasteiger partial charge in [-0.3, -0.25) is 9.59 Å². The lowest BCUT2D eigenvalue weighted by atomic mass is 10.0. The molecule has 0 heterocycles. The van der Waals surface area contributed by atoms with E-state index in [2.05, 4.69) is 5.32 Å². The molecule has 0 spiro atoms. The van der Waals surface area contributed by atoms with E-state index in [-0.39, 0.29) is 11.7 Å². The molecular weight excluding hydrogens is 318 g/mol. The molecule has 1 N–H and O–H groups in total. The number of benzene rings is 2. The van der Waals surface area contributed by atoms with Gasteiger partial charge in [-0.1, -0.05) is 49.4 Å². The summed E-state index contributed by atoms with van der Waals surface area (Å²) in [6.45, 7) is 4.00. The molecule has 0 saturated heterocycles. The Hall–Kier alpha value is -2.95. The van der Waals surface area contributed by atoms with Crippen LogP contribution in [0, 0.1) is 0 Å². The minimum absolute atomic E-state index is 0.118. The van der Waals surface area contributed by atoms with Crippen molar-refractivity contribution in [1.29, 1.82) is 0 Å². The van der Waals surface area contributed by atoms with E-state index in [1.54, 1.807) is 36.4 Å². The molecule has 130 valence electrons. The lowest BCUT2D eigenvalue weighted by Crippen LogP contribution is -2.36. The second-order valence-corrected chi connectivity index (χ2v) is 5.61. The van der Waals surface area contributed by atoms with Crippen LogP contribution in [0.3, 0.4) is 0 Å². The van der Waals surface area contributed by atoms with Gasteiger partial charge in [0.15, 0.2) is 11.9 Å². The van der Waals surface area contributed by atoms with Gasteiger partial charge in [-0.05, 0) is 25.5 Å². The molecule has 0 aliphatic heterocycles. The maximum atomic E-state index is 12.3. The molecule has 0 aromatic heterocycles. The Morgan fingerprint density at radius 1 is 0.920 bits per heavy atom. The number of hydrogen-bond donors (Lipinski definition) is 1. The molecule has 5 heteroatoms. The van der Waals surface area contributed by atoms with Crippen molar-refractivity contribution >= 4 is 17.7 Å². The summed E-state index contributed by atoms with van der Waals surface area (Å²) in [5.74, 6) is -1.04. The highest BCUT2D eigenvalue weighted by Crippen LogP contribution is 2.12. The smallest absolute Gasteiger partial charge is 0.338 e. The fourth-order valence-electron chi connectivity index (χ4n) is 2.19. The molecule has 0 radical (unpaired) electrons. The lowest BCUT2D eigenvalue weighted by Gasteiger charge is -2.13. The van der Waals surface area contributed by atoms with Gasteiger partial charge in [0.25, 0.3) is 5.91 Å². The zero-order valence-electron chi connectivity index (χ0n) is 14.3. The number of amides is 1. The van der Waals surface area contributed by atoms with Crippen LogP contribution in [0.2, 0.25) is 0 Å². The molecule has 2 rings (SSSR count). The third-order valence-corrected chi connectivity index (χ3v) is 3.62. The average molecular weight is 339 g/mol. The molecule has 0 aliphatic carbocycles. The van der Waals surface area contributed by atoms with E-state index in [9.17, 15) is 14.4 Å². The molecule has 2 aromatic carbocycles. The van der Waals surface area contributed by atoms with Gasteiger partial charge in [0.2, 0.25) is 0 Å². The van der Waals surface area contributed by atoms with Crippen molar-refractivity contribution in [3.8, 4) is 0 Å². The Balaban J connectivity index is 2.00. The van der Waals surface area contributed by atoms with Gasteiger partial charge in [0, 0.05) is 17.7 Å². The van der Waals surface area contributed by atoms with E-state index in [0.29, 0.717) is 23.2 Å². The predicted molar refractivity (Wildman–Crippen MR) is 94.5 cm³/mol. The van der Waals surface area contributed by atoms with Crippen molar-refractivity contribution in [3.05, 3.63) is 71.3 Å². The predicted octanol–water partition coefficient (Wildman–Crippen LogP) is 2.99. The summed E-state index contributed by atoms with van der Waals surface area (Å²) in [4.78, 5) is 36.2. The Kier molecular flexibility index (Phi) is 6.46. The monoisotopic (exact) mass is 339 g/mol. The van der Waals surface area contributed by atoms with Gasteiger partial charge >= 0.3 is 5.97 Å². The van der Waals surface area contributed by atoms with Crippen LogP contribution in [0.25, 0.3) is 0 Å². The molecule has 25 heavy (non-hydrogen) atoms. The highest BCUT2D eigenvalue weighted by atomic mass is 16.5. The van der Waals surface area contributed by atoms with Crippen molar-refractivity contribution in [2.45, 2.75) is 26.4 Å². The quantitative estimate of drug-likeness (QED) is 0.622. The first-order chi connectivity index (χ1) is 12.0. The highest BCUT2D eigenvalue weighted by Gasteiger charge is 2.18. The van der Waals surface area contributed by atoms with Gasteiger partial charge < -0.3 is 10.1 Å². The van der Waals surface area contributed by atoms with Crippen LogP contribution in [0.5, 0.6) is 0 Å². The van der Waals surface area contributed by atoms with Crippen LogP contribution in [-0.2, 0) is 9.53 Å². The van der Waals surface area contributed by atoms with Gasteiger partial charge in [0.05, 0.1) is 5.56 Å². The standard InChI is InChI=1S/C20H21NO4/c1-3-13-21-19(23)14(2)25-20(24)17-11-9-16(10-12-17)18(22)15-7-5-4-6-8-15/h4-12,14H,3,13H2,1-2H3,(H,21,23)/t14-/m1/s1. The van der Waals surface area contributed by atoms with Crippen molar-refractivity contribution in [2.24, 2.45) is 0 Å². The number of rotatable bonds is 7. The number of carbonyl (C=O) groups excluding carboxylic acids is 3. The topological polar surface area (TPSA) is 72.5 Å². The molecule has 0 unspecified atom stereocenters. The summed E-state index contributed by atoms with van der Waals surface area (Å²) < 4.78 is 5.14. The van der Waals surface area contributed by atoms with Crippen LogP contribution in [0.4, 0.5) is 0 Å². The number of ether oxygens (including phenoxy) is 1. The molecule has 0 bridgehead atoms. The summed E-state index contributed by atoms with van der Waals surface area (Å²) in [5, 5.41) is 2.67. The third-order valence-electron chi connectivity index (χ3n) is 3.62. The third kappa shape index (κ3) is 5.01. The normalized spacial score (nSPS) is 11.4. The highest BCUT2D eigenvalue weighted by molar-refractivity contribution is 6.09. The number of ketones is 1. The second-order valence-electron chi connectivity index (χ2n) is 5.61. The van der Waals surface area contributed by atoms with Gasteiger partial charge in [-0.25, -0.2) is 4.79 Å². The molecule has 1 amide bonds. The number of hydrogen-bond acceptors (Lipinski definition) is 4. The molecule has 0 aliphatic rings. The number of nitrogens with one attached hydrogen (secondary N) is 1. The van der Waals surface area contributed by atoms with Crippen LogP contribution < -0.4 is 5.32 Å². The average Bonchev–Trinajstić information content (AvgIpc) is 2.66. The molecule has 1 atom stereocenters. The fraction of sp³-hybridized carbons (Fsp3) is 0.250. The summed E-state index contributed by atoms with van der Waals surface area (Å²) in [7, 11) is 0. The lowest BCUT2D eigenvalue weighted by molar-refractivity contribution is -0.129. The number of carbonyl (C=O) groups is 3. The van der Waals surface area contributed by atoms with Crippen molar-refractivity contribution in [2.75, 3.05) is 6.54 Å². The fourth-order valence-corrected chi connectivity index (χ4v) is 2.19. The van der Waals surface area contributed by atoms with E-state index in [1.165, 1.54) is 19.1 Å². The Morgan fingerprint density at radius 3 is 2.08 bits per heavy atom. The van der Waals surface area contributed by atoms with E-state index in [4.69, 9.17) is 4.74 Å². The van der Waals surface area contributed by atoms with E-state index in [0.717, 1.165) is 6.42 Å². The maximum Gasteiger partial charge on any atom is 0.338 e. The Morgan fingerprint density at radius 2 is 1.48 bits per heavy atom. The van der Waals surface area contributed by atoms with Crippen LogP contribution >= 0.6 is 0 Å². The SMILES string of the molecule is CCCNC(=O)[C@@H](C)OC(=O)c1ccc(C(=O)c2ccccc2)cc1. The molecule has 2 aromatic rings. The maximum absolute atomic E-state index is 12.3. The van der Waals surface area contributed by atoms with Gasteiger partial charge in [-0.2, -0.15) is 0 Å². The van der Waals surface area contributed by atoms with Gasteiger partial charge in [-0.15, -0.1) is 0 Å². The molecule has 0 fully saturated rings. The van der Waals surface area contributed by atoms with E-state index in [1.807, 2.05) is 13.0 Å². The van der Waals surface area contributed by atoms with E-state index >= 15 is 0 Å². The summed E-state index contributed by atoms with van der Waals surface area (Å²) >= 11 is 0. The minimum Gasteiger partial charge on any atom is -0.449 e.